The van der Waals surface area contributed by atoms with Crippen molar-refractivity contribution in [1.29, 1.82) is 0 Å². The summed E-state index contributed by atoms with van der Waals surface area (Å²) >= 11 is 0. The van der Waals surface area contributed by atoms with Crippen LogP contribution in [0.5, 0.6) is 0 Å². The predicted octanol–water partition coefficient (Wildman–Crippen LogP) is 1.83. The molecule has 1 aromatic rings. The molecule has 0 aromatic carbocycles. The lowest BCUT2D eigenvalue weighted by molar-refractivity contribution is 0.0669. The van der Waals surface area contributed by atoms with E-state index in [1.54, 1.807) is 0 Å². The van der Waals surface area contributed by atoms with E-state index in [1.165, 1.54) is 25.5 Å². The standard InChI is InChI=1S/C15H19N3O3/c1-9-8-18(13-5-3-2-4-10(9)13)14(19)11-6-17-12(7-16-11)15(20)21/h6-7,9-10,13H,2-5,8H2,1H3,(H,20,21). The number of nitrogens with zero attached hydrogens (tertiary/aromatic N) is 3. The van der Waals surface area contributed by atoms with E-state index in [4.69, 9.17) is 5.11 Å². The fourth-order valence-electron chi connectivity index (χ4n) is 3.70. The lowest BCUT2D eigenvalue weighted by Gasteiger charge is -2.31. The number of fused-ring (bicyclic) bond motifs is 1. The first kappa shape index (κ1) is 14.0. The van der Waals surface area contributed by atoms with Gasteiger partial charge in [-0.2, -0.15) is 0 Å². The summed E-state index contributed by atoms with van der Waals surface area (Å²) in [7, 11) is 0. The molecule has 2 heterocycles. The van der Waals surface area contributed by atoms with Crippen LogP contribution in [-0.4, -0.2) is 44.4 Å². The molecular weight excluding hydrogens is 270 g/mol. The molecule has 1 aromatic heterocycles. The van der Waals surface area contributed by atoms with Gasteiger partial charge in [-0.25, -0.2) is 14.8 Å². The highest BCUT2D eigenvalue weighted by Crippen LogP contribution is 2.40. The zero-order valence-corrected chi connectivity index (χ0v) is 12.0. The van der Waals surface area contributed by atoms with Gasteiger partial charge in [-0.05, 0) is 24.7 Å². The fraction of sp³-hybridized carbons (Fsp3) is 0.600. The van der Waals surface area contributed by atoms with E-state index >= 15 is 0 Å². The van der Waals surface area contributed by atoms with Gasteiger partial charge in [0.1, 0.15) is 5.69 Å². The van der Waals surface area contributed by atoms with Gasteiger partial charge in [0, 0.05) is 12.6 Å². The quantitative estimate of drug-likeness (QED) is 0.898. The van der Waals surface area contributed by atoms with Crippen LogP contribution in [0.3, 0.4) is 0 Å². The first-order chi connectivity index (χ1) is 10.1. The first-order valence-corrected chi connectivity index (χ1v) is 7.44. The van der Waals surface area contributed by atoms with Crippen LogP contribution in [0.25, 0.3) is 0 Å². The zero-order chi connectivity index (χ0) is 15.0. The average molecular weight is 289 g/mol. The van der Waals surface area contributed by atoms with Crippen molar-refractivity contribution < 1.29 is 14.7 Å². The molecule has 1 N–H and O–H groups in total. The van der Waals surface area contributed by atoms with Gasteiger partial charge >= 0.3 is 5.97 Å². The van der Waals surface area contributed by atoms with Crippen LogP contribution in [-0.2, 0) is 0 Å². The molecule has 6 heteroatoms. The zero-order valence-electron chi connectivity index (χ0n) is 12.0. The van der Waals surface area contributed by atoms with Gasteiger partial charge < -0.3 is 10.0 Å². The van der Waals surface area contributed by atoms with Crippen molar-refractivity contribution in [2.24, 2.45) is 11.8 Å². The van der Waals surface area contributed by atoms with Gasteiger partial charge in [0.2, 0.25) is 0 Å². The number of hydrogen-bond acceptors (Lipinski definition) is 4. The Kier molecular flexibility index (Phi) is 3.61. The third-order valence-corrected chi connectivity index (χ3v) is 4.75. The molecule has 1 saturated heterocycles. The van der Waals surface area contributed by atoms with Crippen molar-refractivity contribution in [2.45, 2.75) is 38.6 Å². The maximum atomic E-state index is 12.6. The molecule has 6 nitrogen and oxygen atoms in total. The number of aromatic nitrogens is 2. The summed E-state index contributed by atoms with van der Waals surface area (Å²) in [4.78, 5) is 33.0. The monoisotopic (exact) mass is 289 g/mol. The number of carboxylic acids is 1. The van der Waals surface area contributed by atoms with Crippen molar-refractivity contribution in [1.82, 2.24) is 14.9 Å². The van der Waals surface area contributed by atoms with E-state index in [2.05, 4.69) is 16.9 Å². The molecule has 2 aliphatic rings. The van der Waals surface area contributed by atoms with Gasteiger partial charge in [-0.1, -0.05) is 19.8 Å². The number of carbonyl (C=O) groups excluding carboxylic acids is 1. The summed E-state index contributed by atoms with van der Waals surface area (Å²) in [5.74, 6) is -0.149. The van der Waals surface area contributed by atoms with Crippen LogP contribution in [0.15, 0.2) is 12.4 Å². The summed E-state index contributed by atoms with van der Waals surface area (Å²) in [5.41, 5.74) is 0.0929. The summed E-state index contributed by atoms with van der Waals surface area (Å²) in [5, 5.41) is 8.82. The van der Waals surface area contributed by atoms with Crippen molar-refractivity contribution in [2.75, 3.05) is 6.54 Å². The Labute approximate surface area is 123 Å². The highest BCUT2D eigenvalue weighted by atomic mass is 16.4. The Morgan fingerprint density at radius 1 is 1.19 bits per heavy atom. The molecule has 1 aliphatic heterocycles. The molecule has 2 fully saturated rings. The van der Waals surface area contributed by atoms with E-state index in [0.717, 1.165) is 19.2 Å². The Morgan fingerprint density at radius 3 is 2.52 bits per heavy atom. The van der Waals surface area contributed by atoms with Gasteiger partial charge in [0.05, 0.1) is 12.4 Å². The number of rotatable bonds is 2. The van der Waals surface area contributed by atoms with Crippen molar-refractivity contribution in [3.05, 3.63) is 23.8 Å². The second-order valence-electron chi connectivity index (χ2n) is 6.04. The average Bonchev–Trinajstić information content (AvgIpc) is 2.84. The molecule has 1 amide bonds. The summed E-state index contributed by atoms with van der Waals surface area (Å²) in [6.45, 7) is 2.96. The fourth-order valence-corrected chi connectivity index (χ4v) is 3.70. The molecule has 1 aliphatic carbocycles. The Bertz CT molecular complexity index is 558. The molecular formula is C15H19N3O3. The SMILES string of the molecule is CC1CN(C(=O)c2cnc(C(=O)O)cn2)C2CCCCC12. The Morgan fingerprint density at radius 2 is 1.86 bits per heavy atom. The van der Waals surface area contributed by atoms with E-state index in [0.29, 0.717) is 17.9 Å². The number of aromatic carboxylic acids is 1. The summed E-state index contributed by atoms with van der Waals surface area (Å²) < 4.78 is 0. The normalized spacial score (nSPS) is 28.2. The van der Waals surface area contributed by atoms with E-state index in [9.17, 15) is 9.59 Å². The number of amides is 1. The Balaban J connectivity index is 1.80. The second-order valence-corrected chi connectivity index (χ2v) is 6.04. The molecule has 3 rings (SSSR count). The van der Waals surface area contributed by atoms with Gasteiger partial charge in [0.25, 0.3) is 5.91 Å². The van der Waals surface area contributed by atoms with Gasteiger partial charge in [-0.15, -0.1) is 0 Å². The first-order valence-electron chi connectivity index (χ1n) is 7.44. The van der Waals surface area contributed by atoms with E-state index in [1.807, 2.05) is 4.90 Å². The van der Waals surface area contributed by atoms with Crippen LogP contribution < -0.4 is 0 Å². The summed E-state index contributed by atoms with van der Waals surface area (Å²) in [6.07, 6.45) is 7.09. The van der Waals surface area contributed by atoms with Gasteiger partial charge in [-0.3, -0.25) is 4.79 Å². The topological polar surface area (TPSA) is 83.4 Å². The van der Waals surface area contributed by atoms with Crippen LogP contribution in [0.4, 0.5) is 0 Å². The number of hydrogen-bond donors (Lipinski definition) is 1. The minimum Gasteiger partial charge on any atom is -0.476 e. The van der Waals surface area contributed by atoms with Crippen LogP contribution in [0.2, 0.25) is 0 Å². The van der Waals surface area contributed by atoms with E-state index in [-0.39, 0.29) is 17.3 Å². The minimum absolute atomic E-state index is 0.124. The lowest BCUT2D eigenvalue weighted by Crippen LogP contribution is -2.39. The van der Waals surface area contributed by atoms with Crippen molar-refractivity contribution >= 4 is 11.9 Å². The largest absolute Gasteiger partial charge is 0.476 e. The van der Waals surface area contributed by atoms with Crippen LogP contribution in [0, 0.1) is 11.8 Å². The smallest absolute Gasteiger partial charge is 0.356 e. The predicted molar refractivity (Wildman–Crippen MR) is 74.9 cm³/mol. The molecule has 3 unspecified atom stereocenters. The maximum absolute atomic E-state index is 12.6. The number of carbonyl (C=O) groups is 2. The second kappa shape index (κ2) is 5.42. The van der Waals surface area contributed by atoms with Gasteiger partial charge in [0.15, 0.2) is 5.69 Å². The molecule has 0 bridgehead atoms. The number of carboxylic acid groups (broad SMARTS) is 1. The molecule has 112 valence electrons. The molecule has 3 atom stereocenters. The van der Waals surface area contributed by atoms with Crippen LogP contribution in [0.1, 0.15) is 53.6 Å². The summed E-state index contributed by atoms with van der Waals surface area (Å²) in [6, 6.07) is 0.308. The molecule has 0 radical (unpaired) electrons. The third-order valence-electron chi connectivity index (χ3n) is 4.75. The maximum Gasteiger partial charge on any atom is 0.356 e. The number of likely N-dealkylation sites (tertiary alicyclic amines) is 1. The van der Waals surface area contributed by atoms with E-state index < -0.39 is 5.97 Å². The third kappa shape index (κ3) is 2.50. The highest BCUT2D eigenvalue weighted by molar-refractivity contribution is 5.93. The highest BCUT2D eigenvalue weighted by Gasteiger charge is 2.43. The lowest BCUT2D eigenvalue weighted by atomic mass is 9.80. The molecule has 0 spiro atoms. The van der Waals surface area contributed by atoms with Crippen molar-refractivity contribution in [3.63, 3.8) is 0 Å². The Hall–Kier alpha value is -1.98. The molecule has 1 saturated carbocycles. The van der Waals surface area contributed by atoms with Crippen LogP contribution >= 0.6 is 0 Å². The van der Waals surface area contributed by atoms with Crippen molar-refractivity contribution in [3.8, 4) is 0 Å². The minimum atomic E-state index is -1.14. The molecule has 21 heavy (non-hydrogen) atoms.